The lowest BCUT2D eigenvalue weighted by atomic mass is 9.77. The van der Waals surface area contributed by atoms with Gasteiger partial charge in [0, 0.05) is 25.3 Å². The van der Waals surface area contributed by atoms with Crippen LogP contribution in [0.25, 0.3) is 0 Å². The molecule has 0 atom stereocenters. The Hall–Kier alpha value is -2.46. The predicted molar refractivity (Wildman–Crippen MR) is 112 cm³/mol. The first-order valence-electron chi connectivity index (χ1n) is 10.9. The lowest BCUT2D eigenvalue weighted by molar-refractivity contribution is -0.136. The summed E-state index contributed by atoms with van der Waals surface area (Å²) in [5, 5.41) is 2.73. The molecule has 0 aromatic heterocycles. The molecule has 1 aliphatic carbocycles. The van der Waals surface area contributed by atoms with Gasteiger partial charge in [0.1, 0.15) is 12.1 Å². The molecular weight excluding hydrogens is 420 g/mol. The van der Waals surface area contributed by atoms with E-state index in [4.69, 9.17) is 0 Å². The molecule has 5 rings (SSSR count). The molecule has 10 heteroatoms. The van der Waals surface area contributed by atoms with Crippen molar-refractivity contribution in [1.82, 2.24) is 14.5 Å². The fourth-order valence-electron chi connectivity index (χ4n) is 4.96. The molecule has 1 aromatic rings. The van der Waals surface area contributed by atoms with Gasteiger partial charge < -0.3 is 10.2 Å². The fourth-order valence-corrected chi connectivity index (χ4v) is 6.53. The van der Waals surface area contributed by atoms with Crippen LogP contribution < -0.4 is 10.2 Å². The Balaban J connectivity index is 1.32. The van der Waals surface area contributed by atoms with Gasteiger partial charge >= 0.3 is 6.03 Å². The number of piperidine rings is 1. The number of carbonyl (C=O) groups excluding carboxylic acids is 3. The first kappa shape index (κ1) is 20.4. The number of imide groups is 1. The molecule has 166 valence electrons. The van der Waals surface area contributed by atoms with Crippen LogP contribution in [-0.2, 0) is 26.0 Å². The summed E-state index contributed by atoms with van der Waals surface area (Å²) in [6.07, 6.45) is 5.44. The van der Waals surface area contributed by atoms with E-state index >= 15 is 0 Å². The normalized spacial score (nSPS) is 23.1. The topological polar surface area (TPSA) is 107 Å². The van der Waals surface area contributed by atoms with E-state index in [1.165, 1.54) is 4.31 Å². The molecule has 0 bridgehead atoms. The second kappa shape index (κ2) is 7.30. The van der Waals surface area contributed by atoms with Crippen molar-refractivity contribution in [2.45, 2.75) is 55.4 Å². The van der Waals surface area contributed by atoms with E-state index in [1.807, 2.05) is 0 Å². The molecule has 3 aliphatic heterocycles. The van der Waals surface area contributed by atoms with Gasteiger partial charge in [-0.2, -0.15) is 4.31 Å². The lowest BCUT2D eigenvalue weighted by Gasteiger charge is -2.34. The average Bonchev–Trinajstić information content (AvgIpc) is 3.28. The Morgan fingerprint density at radius 1 is 1.03 bits per heavy atom. The standard InChI is InChI=1S/C21H26N4O5S/c26-18(14-25-19(27)21(8-4-9-21)22-20(25)28)24-12-7-15-13-16(5-6-17(15)24)31(29,30)23-10-2-1-3-11-23/h5-6,13H,1-4,7-12,14H2,(H,22,28). The zero-order valence-electron chi connectivity index (χ0n) is 17.3. The molecule has 31 heavy (non-hydrogen) atoms. The molecule has 4 aliphatic rings. The zero-order chi connectivity index (χ0) is 21.8. The van der Waals surface area contributed by atoms with Crippen molar-refractivity contribution in [2.24, 2.45) is 0 Å². The predicted octanol–water partition coefficient (Wildman–Crippen LogP) is 1.22. The van der Waals surface area contributed by atoms with Crippen molar-refractivity contribution in [2.75, 3.05) is 31.1 Å². The summed E-state index contributed by atoms with van der Waals surface area (Å²) in [6.45, 7) is 1.17. The number of fused-ring (bicyclic) bond motifs is 1. The van der Waals surface area contributed by atoms with Gasteiger partial charge in [-0.1, -0.05) is 6.42 Å². The summed E-state index contributed by atoms with van der Waals surface area (Å²) < 4.78 is 27.4. The van der Waals surface area contributed by atoms with Crippen molar-refractivity contribution in [3.8, 4) is 0 Å². The fraction of sp³-hybridized carbons (Fsp3) is 0.571. The summed E-state index contributed by atoms with van der Waals surface area (Å²) in [5.41, 5.74) is 0.630. The number of rotatable bonds is 4. The summed E-state index contributed by atoms with van der Waals surface area (Å²) in [7, 11) is -3.54. The number of hydrogen-bond donors (Lipinski definition) is 1. The van der Waals surface area contributed by atoms with Crippen molar-refractivity contribution >= 4 is 33.6 Å². The van der Waals surface area contributed by atoms with Crippen LogP contribution in [0.5, 0.6) is 0 Å². The minimum absolute atomic E-state index is 0.253. The van der Waals surface area contributed by atoms with Crippen molar-refractivity contribution < 1.29 is 22.8 Å². The van der Waals surface area contributed by atoms with E-state index in [2.05, 4.69) is 5.32 Å². The average molecular weight is 447 g/mol. The summed E-state index contributed by atoms with van der Waals surface area (Å²) >= 11 is 0. The number of nitrogens with zero attached hydrogens (tertiary/aromatic N) is 3. The second-order valence-corrected chi connectivity index (χ2v) is 10.7. The first-order chi connectivity index (χ1) is 14.8. The third-order valence-corrected chi connectivity index (χ3v) is 8.84. The zero-order valence-corrected chi connectivity index (χ0v) is 18.1. The number of nitrogens with one attached hydrogen (secondary N) is 1. The molecular formula is C21H26N4O5S. The minimum atomic E-state index is -3.54. The Bertz CT molecular complexity index is 1060. The summed E-state index contributed by atoms with van der Waals surface area (Å²) in [6, 6.07) is 4.35. The highest BCUT2D eigenvalue weighted by Crippen LogP contribution is 2.37. The number of hydrogen-bond acceptors (Lipinski definition) is 5. The highest BCUT2D eigenvalue weighted by molar-refractivity contribution is 7.89. The molecule has 0 radical (unpaired) electrons. The molecule has 1 aromatic carbocycles. The van der Waals surface area contributed by atoms with E-state index < -0.39 is 21.6 Å². The first-order valence-corrected chi connectivity index (χ1v) is 12.3. The van der Waals surface area contributed by atoms with Gasteiger partial charge in [-0.25, -0.2) is 13.2 Å². The van der Waals surface area contributed by atoms with Gasteiger partial charge in [0.15, 0.2) is 0 Å². The van der Waals surface area contributed by atoms with Crippen LogP contribution in [0.2, 0.25) is 0 Å². The minimum Gasteiger partial charge on any atom is -0.323 e. The van der Waals surface area contributed by atoms with Crippen LogP contribution in [0.4, 0.5) is 10.5 Å². The Labute approximate surface area is 181 Å². The van der Waals surface area contributed by atoms with E-state index in [-0.39, 0.29) is 23.3 Å². The molecule has 0 unspecified atom stereocenters. The Morgan fingerprint density at radius 2 is 1.77 bits per heavy atom. The third-order valence-electron chi connectivity index (χ3n) is 6.95. The highest BCUT2D eigenvalue weighted by Gasteiger charge is 2.55. The number of benzene rings is 1. The highest BCUT2D eigenvalue weighted by atomic mass is 32.2. The van der Waals surface area contributed by atoms with Crippen molar-refractivity contribution in [1.29, 1.82) is 0 Å². The van der Waals surface area contributed by atoms with E-state index in [9.17, 15) is 22.8 Å². The second-order valence-electron chi connectivity index (χ2n) is 8.81. The quantitative estimate of drug-likeness (QED) is 0.700. The smallest absolute Gasteiger partial charge is 0.323 e. The number of urea groups is 1. The summed E-state index contributed by atoms with van der Waals surface area (Å²) in [5.74, 6) is -0.662. The van der Waals surface area contributed by atoms with Gasteiger partial charge in [-0.3, -0.25) is 14.5 Å². The van der Waals surface area contributed by atoms with Crippen LogP contribution in [-0.4, -0.2) is 67.2 Å². The maximum atomic E-state index is 13.0. The number of carbonyl (C=O) groups is 3. The maximum absolute atomic E-state index is 13.0. The molecule has 1 saturated carbocycles. The van der Waals surface area contributed by atoms with Gasteiger partial charge in [-0.05, 0) is 62.3 Å². The van der Waals surface area contributed by atoms with Gasteiger partial charge in [-0.15, -0.1) is 0 Å². The van der Waals surface area contributed by atoms with Crippen LogP contribution in [0.15, 0.2) is 23.1 Å². The maximum Gasteiger partial charge on any atom is 0.325 e. The van der Waals surface area contributed by atoms with Crippen LogP contribution in [0.1, 0.15) is 44.1 Å². The molecule has 3 fully saturated rings. The molecule has 1 N–H and O–H groups in total. The van der Waals surface area contributed by atoms with Crippen LogP contribution in [0.3, 0.4) is 0 Å². The monoisotopic (exact) mass is 446 g/mol. The number of anilines is 1. The molecule has 3 heterocycles. The van der Waals surface area contributed by atoms with E-state index in [1.54, 1.807) is 23.1 Å². The largest absolute Gasteiger partial charge is 0.325 e. The molecule has 2 saturated heterocycles. The van der Waals surface area contributed by atoms with Crippen molar-refractivity contribution in [3.05, 3.63) is 23.8 Å². The van der Waals surface area contributed by atoms with Gasteiger partial charge in [0.2, 0.25) is 15.9 Å². The van der Waals surface area contributed by atoms with Crippen LogP contribution >= 0.6 is 0 Å². The number of amides is 4. The number of sulfonamides is 1. The molecule has 1 spiro atoms. The Kier molecular flexibility index (Phi) is 4.82. The van der Waals surface area contributed by atoms with E-state index in [0.29, 0.717) is 44.6 Å². The summed E-state index contributed by atoms with van der Waals surface area (Å²) in [4.78, 5) is 40.6. The SMILES string of the molecule is O=C1NC2(CCC2)C(=O)N1CC(=O)N1CCc2cc(S(=O)(=O)N3CCCCC3)ccc21. The molecule has 4 amide bonds. The molecule has 9 nitrogen and oxygen atoms in total. The van der Waals surface area contributed by atoms with Crippen molar-refractivity contribution in [3.63, 3.8) is 0 Å². The third kappa shape index (κ3) is 3.23. The Morgan fingerprint density at radius 3 is 2.42 bits per heavy atom. The lowest BCUT2D eigenvalue weighted by Crippen LogP contribution is -2.53. The van der Waals surface area contributed by atoms with Gasteiger partial charge in [0.05, 0.1) is 4.90 Å². The van der Waals surface area contributed by atoms with E-state index in [0.717, 1.165) is 36.1 Å². The van der Waals surface area contributed by atoms with Crippen LogP contribution in [0, 0.1) is 0 Å². The van der Waals surface area contributed by atoms with Gasteiger partial charge in [0.25, 0.3) is 5.91 Å².